The molecule has 6 nitrogen and oxygen atoms in total. The molecule has 8 heteroatoms. The van der Waals surface area contributed by atoms with Gasteiger partial charge in [0.15, 0.2) is 0 Å². The van der Waals surface area contributed by atoms with Crippen LogP contribution in [0.4, 0.5) is 4.39 Å². The Morgan fingerprint density at radius 3 is 2.47 bits per heavy atom. The zero-order valence-electron chi connectivity index (χ0n) is 17.9. The van der Waals surface area contributed by atoms with Crippen LogP contribution in [0.3, 0.4) is 0 Å². The van der Waals surface area contributed by atoms with Crippen LogP contribution >= 0.6 is 0 Å². The molecule has 30 heavy (non-hydrogen) atoms. The number of carbonyl (C=O) groups is 1. The van der Waals surface area contributed by atoms with Gasteiger partial charge in [0.1, 0.15) is 6.17 Å². The average molecular weight is 439 g/mol. The van der Waals surface area contributed by atoms with E-state index in [2.05, 4.69) is 10.0 Å². The zero-order chi connectivity index (χ0) is 22.6. The van der Waals surface area contributed by atoms with Crippen molar-refractivity contribution in [2.24, 2.45) is 5.41 Å². The molecule has 1 aliphatic carbocycles. The second kappa shape index (κ2) is 9.41. The molecule has 0 aromatic heterocycles. The number of aliphatic hydroxyl groups is 1. The maximum absolute atomic E-state index is 15.7. The van der Waals surface area contributed by atoms with E-state index in [1.165, 1.54) is 33.8 Å². The highest BCUT2D eigenvalue weighted by Crippen LogP contribution is 2.46. The van der Waals surface area contributed by atoms with Crippen LogP contribution in [0.25, 0.3) is 5.57 Å². The van der Waals surface area contributed by atoms with E-state index in [-0.39, 0.29) is 25.4 Å². The lowest BCUT2D eigenvalue weighted by atomic mass is 9.64. The molecule has 166 valence electrons. The summed E-state index contributed by atoms with van der Waals surface area (Å²) < 4.78 is 42.4. The number of allylic oxidation sites excluding steroid dienone is 3. The number of alkyl halides is 1. The van der Waals surface area contributed by atoms with Crippen molar-refractivity contribution in [2.45, 2.75) is 51.1 Å². The molecule has 3 atom stereocenters. The van der Waals surface area contributed by atoms with Crippen LogP contribution < -0.4 is 10.0 Å². The Hall–Kier alpha value is -2.03. The molecule has 0 bridgehead atoms. The fraction of sp³-hybridized carbons (Fsp3) is 0.500. The number of carbonyl (C=O) groups excluding carboxylic acids is 1. The molecule has 0 aliphatic heterocycles. The first-order valence-electron chi connectivity index (χ1n) is 9.97. The molecule has 0 heterocycles. The Balaban J connectivity index is 2.35. The highest BCUT2D eigenvalue weighted by atomic mass is 32.2. The van der Waals surface area contributed by atoms with Gasteiger partial charge in [-0.05, 0) is 44.4 Å². The highest BCUT2D eigenvalue weighted by Gasteiger charge is 2.51. The van der Waals surface area contributed by atoms with Gasteiger partial charge in [-0.15, -0.1) is 0 Å². The number of nitrogens with one attached hydrogen (secondary N) is 2. The smallest absolute Gasteiger partial charge is 0.216 e. The summed E-state index contributed by atoms with van der Waals surface area (Å²) in [6.07, 6.45) is 3.29. The highest BCUT2D eigenvalue weighted by molar-refractivity contribution is 7.90. The van der Waals surface area contributed by atoms with Gasteiger partial charge < -0.3 is 10.4 Å². The monoisotopic (exact) mass is 438 g/mol. The van der Waals surface area contributed by atoms with E-state index in [1.807, 2.05) is 30.3 Å². The van der Waals surface area contributed by atoms with Crippen molar-refractivity contribution >= 4 is 21.5 Å². The Morgan fingerprint density at radius 2 is 1.93 bits per heavy atom. The quantitative estimate of drug-likeness (QED) is 0.552. The average Bonchev–Trinajstić information content (AvgIpc) is 2.68. The van der Waals surface area contributed by atoms with Crippen molar-refractivity contribution in [1.82, 2.24) is 10.0 Å². The Bertz CT molecular complexity index is 910. The van der Waals surface area contributed by atoms with Gasteiger partial charge in [0, 0.05) is 20.0 Å². The number of benzene rings is 1. The first kappa shape index (κ1) is 24.2. The fourth-order valence-corrected chi connectivity index (χ4v) is 4.32. The van der Waals surface area contributed by atoms with Crippen molar-refractivity contribution in [2.75, 3.05) is 13.1 Å². The van der Waals surface area contributed by atoms with Gasteiger partial charge in [-0.2, -0.15) is 0 Å². The Morgan fingerprint density at radius 1 is 1.30 bits per heavy atom. The summed E-state index contributed by atoms with van der Waals surface area (Å²) >= 11 is 0. The fourth-order valence-electron chi connectivity index (χ4n) is 3.50. The van der Waals surface area contributed by atoms with Crippen molar-refractivity contribution in [3.05, 3.63) is 54.1 Å². The van der Waals surface area contributed by atoms with Crippen LogP contribution in [0.1, 0.15) is 39.7 Å². The minimum absolute atomic E-state index is 0.0965. The minimum Gasteiger partial charge on any atom is -0.388 e. The molecule has 0 fully saturated rings. The molecule has 0 spiro atoms. The molecule has 0 radical (unpaired) electrons. The third kappa shape index (κ3) is 5.36. The number of hydrogen-bond acceptors (Lipinski definition) is 4. The molecular weight excluding hydrogens is 407 g/mol. The molecule has 1 aromatic rings. The predicted molar refractivity (Wildman–Crippen MR) is 117 cm³/mol. The second-order valence-corrected chi connectivity index (χ2v) is 10.5. The van der Waals surface area contributed by atoms with Crippen LogP contribution in [-0.4, -0.2) is 49.5 Å². The number of halogens is 1. The largest absolute Gasteiger partial charge is 0.388 e. The number of sulfonamides is 1. The van der Waals surface area contributed by atoms with Gasteiger partial charge >= 0.3 is 0 Å². The summed E-state index contributed by atoms with van der Waals surface area (Å²) in [4.78, 5) is 11.3. The van der Waals surface area contributed by atoms with Gasteiger partial charge in [0.25, 0.3) is 0 Å². The lowest BCUT2D eigenvalue weighted by molar-refractivity contribution is -0.119. The van der Waals surface area contributed by atoms with Crippen LogP contribution in [0.2, 0.25) is 0 Å². The van der Waals surface area contributed by atoms with Crippen LogP contribution in [0.15, 0.2) is 48.6 Å². The molecule has 1 amide bonds. The normalized spacial score (nSPS) is 23.7. The van der Waals surface area contributed by atoms with Crippen LogP contribution in [0, 0.1) is 5.41 Å². The first-order valence-corrected chi connectivity index (χ1v) is 11.5. The van der Waals surface area contributed by atoms with Crippen molar-refractivity contribution in [3.8, 4) is 0 Å². The zero-order valence-corrected chi connectivity index (χ0v) is 18.7. The third-order valence-corrected chi connectivity index (χ3v) is 7.43. The van der Waals surface area contributed by atoms with Crippen molar-refractivity contribution in [3.63, 3.8) is 0 Å². The molecule has 0 saturated heterocycles. The van der Waals surface area contributed by atoms with Gasteiger partial charge in [0.05, 0.1) is 16.3 Å². The molecular formula is C22H31FN2O4S. The van der Waals surface area contributed by atoms with E-state index < -0.39 is 32.5 Å². The summed E-state index contributed by atoms with van der Waals surface area (Å²) in [5.74, 6) is -0.263. The molecule has 3 unspecified atom stereocenters. The Kier molecular flexibility index (Phi) is 7.60. The lowest BCUT2D eigenvalue weighted by Gasteiger charge is -2.46. The van der Waals surface area contributed by atoms with E-state index in [0.717, 1.165) is 5.56 Å². The second-order valence-electron chi connectivity index (χ2n) is 8.19. The van der Waals surface area contributed by atoms with Gasteiger partial charge in [-0.25, -0.2) is 17.5 Å². The molecule has 2 rings (SSSR count). The molecule has 1 aromatic carbocycles. The Labute approximate surface area is 178 Å². The van der Waals surface area contributed by atoms with Crippen LogP contribution in [0.5, 0.6) is 0 Å². The van der Waals surface area contributed by atoms with Crippen molar-refractivity contribution < 1.29 is 22.7 Å². The summed E-state index contributed by atoms with van der Waals surface area (Å²) in [6.45, 7) is 5.61. The first-order chi connectivity index (χ1) is 13.9. The maximum atomic E-state index is 15.7. The molecule has 1 aliphatic rings. The third-order valence-electron chi connectivity index (χ3n) is 5.64. The van der Waals surface area contributed by atoms with Gasteiger partial charge in [-0.1, -0.05) is 42.5 Å². The van der Waals surface area contributed by atoms with E-state index in [0.29, 0.717) is 5.57 Å². The summed E-state index contributed by atoms with van der Waals surface area (Å²) in [5, 5.41) is 13.2. The topological polar surface area (TPSA) is 95.5 Å². The number of hydrogen-bond donors (Lipinski definition) is 3. The number of amides is 1. The van der Waals surface area contributed by atoms with Crippen molar-refractivity contribution in [1.29, 1.82) is 0 Å². The molecule has 3 N–H and O–H groups in total. The van der Waals surface area contributed by atoms with E-state index in [9.17, 15) is 18.3 Å². The van der Waals surface area contributed by atoms with E-state index in [1.54, 1.807) is 12.2 Å². The van der Waals surface area contributed by atoms with Gasteiger partial charge in [0.2, 0.25) is 15.9 Å². The lowest BCUT2D eigenvalue weighted by Crippen LogP contribution is -2.58. The SMILES string of the molecule is CC(=O)NCCC1(C(C)(O)CNS(=O)(=O)C(C)C)C=CC(c2ccccc2)=CC1F. The minimum atomic E-state index is -3.64. The summed E-state index contributed by atoms with van der Waals surface area (Å²) in [7, 11) is -3.64. The standard InChI is InChI=1S/C22H31FN2O4S/c1-16(2)30(28,29)25-15-21(4,27)22(12-13-24-17(3)26)11-10-19(14-20(22)23)18-8-6-5-7-9-18/h5-11,14,16,20,25,27H,12-13,15H2,1-4H3,(H,24,26). The van der Waals surface area contributed by atoms with E-state index in [4.69, 9.17) is 0 Å². The van der Waals surface area contributed by atoms with Gasteiger partial charge in [-0.3, -0.25) is 4.79 Å². The summed E-state index contributed by atoms with van der Waals surface area (Å²) in [6, 6.07) is 9.30. The van der Waals surface area contributed by atoms with Crippen LogP contribution in [-0.2, 0) is 14.8 Å². The number of rotatable bonds is 9. The predicted octanol–water partition coefficient (Wildman–Crippen LogP) is 2.57. The summed E-state index contributed by atoms with van der Waals surface area (Å²) in [5.41, 5.74) is -1.65. The maximum Gasteiger partial charge on any atom is 0.216 e. The van der Waals surface area contributed by atoms with E-state index >= 15 is 4.39 Å². The molecule has 0 saturated carbocycles.